The predicted molar refractivity (Wildman–Crippen MR) is 109 cm³/mol. The Morgan fingerprint density at radius 2 is 1.96 bits per heavy atom. The van der Waals surface area contributed by atoms with Gasteiger partial charge in [0.15, 0.2) is 5.75 Å². The van der Waals surface area contributed by atoms with Crippen LogP contribution >= 0.6 is 11.6 Å². The minimum Gasteiger partial charge on any atom is -0.483 e. The van der Waals surface area contributed by atoms with Crippen molar-refractivity contribution in [3.8, 4) is 5.75 Å². The second kappa shape index (κ2) is 7.62. The number of fused-ring (bicyclic) bond motifs is 1. The average Bonchev–Trinajstić information content (AvgIpc) is 3.15. The minimum atomic E-state index is -0.413. The summed E-state index contributed by atoms with van der Waals surface area (Å²) < 4.78 is 5.53. The molecule has 0 unspecified atom stereocenters. The molecule has 0 spiro atoms. The lowest BCUT2D eigenvalue weighted by Gasteiger charge is -2.08. The third-order valence-corrected chi connectivity index (χ3v) is 4.45. The van der Waals surface area contributed by atoms with Crippen molar-refractivity contribution < 1.29 is 9.53 Å². The fourth-order valence-corrected chi connectivity index (χ4v) is 3.03. The maximum absolute atomic E-state index is 12.4. The highest BCUT2D eigenvalue weighted by molar-refractivity contribution is 6.30. The molecule has 2 aromatic carbocycles. The Morgan fingerprint density at radius 1 is 1.07 bits per heavy atom. The van der Waals surface area contributed by atoms with Crippen molar-refractivity contribution in [3.05, 3.63) is 93.5 Å². The molecule has 2 aromatic heterocycles. The summed E-state index contributed by atoms with van der Waals surface area (Å²) >= 11 is 5.94. The van der Waals surface area contributed by atoms with E-state index in [-0.39, 0.29) is 23.5 Å². The molecule has 1 amide bonds. The van der Waals surface area contributed by atoms with Crippen LogP contribution in [0.3, 0.4) is 0 Å². The van der Waals surface area contributed by atoms with Crippen LogP contribution in [0.25, 0.3) is 10.9 Å². The van der Waals surface area contributed by atoms with Crippen LogP contribution in [-0.4, -0.2) is 15.9 Å². The van der Waals surface area contributed by atoms with E-state index < -0.39 is 5.91 Å². The van der Waals surface area contributed by atoms with Gasteiger partial charge in [-0.1, -0.05) is 29.8 Å². The molecule has 28 heavy (non-hydrogen) atoms. The molecule has 0 fully saturated rings. The number of hydrogen-bond donors (Lipinski definition) is 3. The lowest BCUT2D eigenvalue weighted by molar-refractivity contribution is 0.102. The molecule has 0 aliphatic carbocycles. The van der Waals surface area contributed by atoms with Crippen LogP contribution in [-0.2, 0) is 6.61 Å². The molecular weight excluding hydrogens is 378 g/mol. The van der Waals surface area contributed by atoms with Gasteiger partial charge in [0.2, 0.25) is 5.43 Å². The van der Waals surface area contributed by atoms with Gasteiger partial charge in [0.05, 0.1) is 0 Å². The highest BCUT2D eigenvalue weighted by Crippen LogP contribution is 2.18. The van der Waals surface area contributed by atoms with Gasteiger partial charge in [0, 0.05) is 34.7 Å². The summed E-state index contributed by atoms with van der Waals surface area (Å²) in [6, 6.07) is 15.9. The van der Waals surface area contributed by atoms with Gasteiger partial charge in [-0.3, -0.25) is 9.59 Å². The van der Waals surface area contributed by atoms with Gasteiger partial charge in [0.1, 0.15) is 12.3 Å². The third kappa shape index (κ3) is 3.92. The monoisotopic (exact) mass is 393 g/mol. The predicted octanol–water partition coefficient (Wildman–Crippen LogP) is 4.34. The molecule has 0 aliphatic rings. The highest BCUT2D eigenvalue weighted by Gasteiger charge is 2.11. The fourth-order valence-electron chi connectivity index (χ4n) is 2.81. The molecular formula is C21H16ClN3O3. The smallest absolute Gasteiger partial charge is 0.272 e. The van der Waals surface area contributed by atoms with E-state index in [4.69, 9.17) is 16.3 Å². The van der Waals surface area contributed by atoms with E-state index in [1.54, 1.807) is 18.2 Å². The molecule has 0 saturated heterocycles. The van der Waals surface area contributed by atoms with Crippen LogP contribution in [0.4, 0.5) is 5.69 Å². The lowest BCUT2D eigenvalue weighted by atomic mass is 10.2. The van der Waals surface area contributed by atoms with Gasteiger partial charge in [-0.2, -0.15) is 0 Å². The Morgan fingerprint density at radius 3 is 2.79 bits per heavy atom. The first kappa shape index (κ1) is 17.9. The number of benzene rings is 2. The van der Waals surface area contributed by atoms with Gasteiger partial charge in [-0.05, 0) is 41.3 Å². The van der Waals surface area contributed by atoms with Crippen LogP contribution in [0.5, 0.6) is 5.75 Å². The number of H-pyrrole nitrogens is 2. The van der Waals surface area contributed by atoms with Gasteiger partial charge in [0.25, 0.3) is 5.91 Å². The van der Waals surface area contributed by atoms with Crippen molar-refractivity contribution in [3.63, 3.8) is 0 Å². The number of anilines is 1. The van der Waals surface area contributed by atoms with Crippen LogP contribution in [0, 0.1) is 0 Å². The van der Waals surface area contributed by atoms with E-state index in [2.05, 4.69) is 15.3 Å². The summed E-state index contributed by atoms with van der Waals surface area (Å²) in [6.07, 6.45) is 3.21. The van der Waals surface area contributed by atoms with Crippen molar-refractivity contribution in [2.45, 2.75) is 6.61 Å². The van der Waals surface area contributed by atoms with E-state index >= 15 is 0 Å². The van der Waals surface area contributed by atoms with E-state index in [1.807, 2.05) is 36.5 Å². The molecule has 3 N–H and O–H groups in total. The number of halogens is 1. The number of pyridine rings is 1. The van der Waals surface area contributed by atoms with Crippen LogP contribution in [0.2, 0.25) is 5.02 Å². The normalized spacial score (nSPS) is 10.8. The van der Waals surface area contributed by atoms with E-state index in [1.165, 1.54) is 12.3 Å². The Balaban J connectivity index is 1.45. The maximum Gasteiger partial charge on any atom is 0.272 e. The summed E-state index contributed by atoms with van der Waals surface area (Å²) in [4.78, 5) is 30.6. The van der Waals surface area contributed by atoms with Crippen LogP contribution in [0.1, 0.15) is 16.1 Å². The molecule has 6 nitrogen and oxygen atoms in total. The molecule has 0 bridgehead atoms. The zero-order chi connectivity index (χ0) is 19.5. The summed E-state index contributed by atoms with van der Waals surface area (Å²) in [5.74, 6) is -0.284. The number of carbonyl (C=O) groups is 1. The van der Waals surface area contributed by atoms with Gasteiger partial charge in [-0.15, -0.1) is 0 Å². The summed E-state index contributed by atoms with van der Waals surface area (Å²) in [7, 11) is 0. The fraction of sp³-hybridized carbons (Fsp3) is 0.0476. The summed E-state index contributed by atoms with van der Waals surface area (Å²) in [5, 5.41) is 4.41. The second-order valence-electron chi connectivity index (χ2n) is 6.23. The van der Waals surface area contributed by atoms with Crippen LogP contribution < -0.4 is 15.5 Å². The lowest BCUT2D eigenvalue weighted by Crippen LogP contribution is -2.17. The molecule has 0 saturated carbocycles. The zero-order valence-corrected chi connectivity index (χ0v) is 15.4. The largest absolute Gasteiger partial charge is 0.483 e. The van der Waals surface area contributed by atoms with Gasteiger partial charge < -0.3 is 20.0 Å². The highest BCUT2D eigenvalue weighted by atomic mass is 35.5. The van der Waals surface area contributed by atoms with E-state index in [0.29, 0.717) is 10.7 Å². The Hall–Kier alpha value is -3.51. The molecule has 0 radical (unpaired) electrons. The number of rotatable bonds is 5. The topological polar surface area (TPSA) is 87.0 Å². The molecule has 7 heteroatoms. The number of ether oxygens (including phenoxy) is 1. The second-order valence-corrected chi connectivity index (χ2v) is 6.66. The number of hydrogen-bond acceptors (Lipinski definition) is 3. The number of carbonyl (C=O) groups excluding carboxylic acids is 1. The molecule has 2 heterocycles. The average molecular weight is 394 g/mol. The molecule has 0 atom stereocenters. The standard InChI is InChI=1S/C21H16ClN3O3/c22-15-3-1-2-13(8-15)12-28-20-11-24-18(10-19(20)26)21(27)25-16-5-4-14-6-7-23-17(14)9-16/h1-11,23H,12H2,(H,24,26)(H,25,27). The summed E-state index contributed by atoms with van der Waals surface area (Å²) in [6.45, 7) is 0.200. The first-order valence-electron chi connectivity index (χ1n) is 8.57. The number of amides is 1. The quantitative estimate of drug-likeness (QED) is 0.471. The van der Waals surface area contributed by atoms with E-state index in [9.17, 15) is 9.59 Å². The van der Waals surface area contributed by atoms with Crippen molar-refractivity contribution >= 4 is 34.1 Å². The van der Waals surface area contributed by atoms with Crippen molar-refractivity contribution in [1.82, 2.24) is 9.97 Å². The van der Waals surface area contributed by atoms with Crippen LogP contribution in [0.15, 0.2) is 71.8 Å². The molecule has 140 valence electrons. The minimum absolute atomic E-state index is 0.129. The number of nitrogens with one attached hydrogen (secondary N) is 3. The third-order valence-electron chi connectivity index (χ3n) is 4.22. The summed E-state index contributed by atoms with van der Waals surface area (Å²) in [5.41, 5.74) is 2.14. The maximum atomic E-state index is 12.4. The van der Waals surface area contributed by atoms with Crippen molar-refractivity contribution in [2.24, 2.45) is 0 Å². The Bertz CT molecular complexity index is 1210. The van der Waals surface area contributed by atoms with Gasteiger partial charge in [-0.25, -0.2) is 0 Å². The Kier molecular flexibility index (Phi) is 4.87. The first-order valence-corrected chi connectivity index (χ1v) is 8.95. The molecule has 0 aliphatic heterocycles. The SMILES string of the molecule is O=C(Nc1ccc2cc[nH]c2c1)c1cc(=O)c(OCc2cccc(Cl)c2)c[nH]1. The van der Waals surface area contributed by atoms with E-state index in [0.717, 1.165) is 16.5 Å². The Labute approximate surface area is 165 Å². The zero-order valence-electron chi connectivity index (χ0n) is 14.7. The number of aromatic amines is 2. The molecule has 4 rings (SSSR count). The van der Waals surface area contributed by atoms with Crippen molar-refractivity contribution in [2.75, 3.05) is 5.32 Å². The molecule has 4 aromatic rings. The number of aromatic nitrogens is 2. The van der Waals surface area contributed by atoms with Gasteiger partial charge >= 0.3 is 0 Å². The van der Waals surface area contributed by atoms with Crippen molar-refractivity contribution in [1.29, 1.82) is 0 Å². The first-order chi connectivity index (χ1) is 13.6.